The third kappa shape index (κ3) is 5.51. The van der Waals surface area contributed by atoms with E-state index in [1.54, 1.807) is 13.8 Å². The lowest BCUT2D eigenvalue weighted by molar-refractivity contribution is -0.137. The van der Waals surface area contributed by atoms with Gasteiger partial charge in [-0.3, -0.25) is 4.79 Å². The zero-order valence-electron chi connectivity index (χ0n) is 18.4. The summed E-state index contributed by atoms with van der Waals surface area (Å²) in [4.78, 5) is 34.7. The van der Waals surface area contributed by atoms with E-state index < -0.39 is 29.3 Å². The molecule has 0 radical (unpaired) electrons. The Bertz CT molecular complexity index is 1240. The number of anilines is 1. The number of benzene rings is 1. The molecule has 0 saturated heterocycles. The van der Waals surface area contributed by atoms with Gasteiger partial charge in [0.15, 0.2) is 0 Å². The number of halogens is 3. The Hall–Kier alpha value is -3.51. The van der Waals surface area contributed by atoms with Crippen molar-refractivity contribution < 1.29 is 32.6 Å². The maximum atomic E-state index is 13.1. The van der Waals surface area contributed by atoms with Crippen molar-refractivity contribution in [3.8, 4) is 0 Å². The molecule has 0 aliphatic rings. The minimum Gasteiger partial charge on any atom is -0.403 e. The smallest absolute Gasteiger partial charge is 0.403 e. The fourth-order valence-electron chi connectivity index (χ4n) is 3.37. The number of rotatable bonds is 8. The summed E-state index contributed by atoms with van der Waals surface area (Å²) in [7, 11) is 0. The molecule has 2 aromatic heterocycles. The van der Waals surface area contributed by atoms with Crippen LogP contribution in [0, 0.1) is 6.92 Å². The Morgan fingerprint density at radius 3 is 2.47 bits per heavy atom. The van der Waals surface area contributed by atoms with Crippen LogP contribution in [0.5, 0.6) is 0 Å². The van der Waals surface area contributed by atoms with Crippen LogP contribution in [0.3, 0.4) is 0 Å². The summed E-state index contributed by atoms with van der Waals surface area (Å²) in [5, 5.41) is 21.5. The molecule has 1 atom stereocenters. The maximum absolute atomic E-state index is 13.1. The number of aromatic nitrogens is 2. The highest BCUT2D eigenvalue weighted by Crippen LogP contribution is 2.32. The molecule has 0 saturated carbocycles. The van der Waals surface area contributed by atoms with Crippen LogP contribution in [0.25, 0.3) is 11.1 Å². The lowest BCUT2D eigenvalue weighted by Crippen LogP contribution is -2.38. The second kappa shape index (κ2) is 10.2. The normalized spacial score (nSPS) is 12.6. The Morgan fingerprint density at radius 1 is 1.18 bits per heavy atom. The highest BCUT2D eigenvalue weighted by atomic mass is 19.4. The minimum absolute atomic E-state index is 0.108. The third-order valence-corrected chi connectivity index (χ3v) is 5.05. The number of carbonyl (C=O) groups excluding carboxylic acids is 1. The summed E-state index contributed by atoms with van der Waals surface area (Å²) in [6.07, 6.45) is -4.50. The average molecular weight is 480 g/mol. The number of alkyl halides is 3. The number of hydrogen-bond donors (Lipinski definition) is 3. The van der Waals surface area contributed by atoms with E-state index in [0.717, 1.165) is 17.0 Å². The van der Waals surface area contributed by atoms with Gasteiger partial charge in [-0.25, -0.2) is 9.78 Å². The molecule has 1 aromatic carbocycles. The summed E-state index contributed by atoms with van der Waals surface area (Å²) in [6, 6.07) is 5.41. The van der Waals surface area contributed by atoms with Gasteiger partial charge in [-0.15, -0.1) is 0 Å². The average Bonchev–Trinajstić information content (AvgIpc) is 2.77. The van der Waals surface area contributed by atoms with Crippen LogP contribution in [-0.2, 0) is 6.18 Å². The number of nitrogens with one attached hydrogen (secondary N) is 1. The van der Waals surface area contributed by atoms with E-state index in [4.69, 9.17) is 4.42 Å². The van der Waals surface area contributed by atoms with Gasteiger partial charge in [0.25, 0.3) is 5.91 Å². The Balaban J connectivity index is 2.03. The van der Waals surface area contributed by atoms with E-state index in [1.807, 2.05) is 0 Å². The summed E-state index contributed by atoms with van der Waals surface area (Å²) in [6.45, 7) is 2.19. The predicted molar refractivity (Wildman–Crippen MR) is 116 cm³/mol. The summed E-state index contributed by atoms with van der Waals surface area (Å²) in [5.41, 5.74) is -1.90. The van der Waals surface area contributed by atoms with Gasteiger partial charge in [0.2, 0.25) is 5.71 Å². The van der Waals surface area contributed by atoms with Crippen molar-refractivity contribution in [1.82, 2.24) is 14.9 Å². The van der Waals surface area contributed by atoms with Gasteiger partial charge >= 0.3 is 11.8 Å². The summed E-state index contributed by atoms with van der Waals surface area (Å²) in [5.74, 6) is -0.382. The van der Waals surface area contributed by atoms with Crippen LogP contribution in [0.4, 0.5) is 19.0 Å². The Kier molecular flexibility index (Phi) is 7.52. The number of hydrogen-bond acceptors (Lipinski definition) is 8. The topological polar surface area (TPSA) is 129 Å². The highest BCUT2D eigenvalue weighted by Gasteiger charge is 2.31. The van der Waals surface area contributed by atoms with Gasteiger partial charge in [0, 0.05) is 19.1 Å². The molecular weight excluding hydrogens is 457 g/mol. The van der Waals surface area contributed by atoms with Crippen molar-refractivity contribution in [2.24, 2.45) is 0 Å². The molecule has 0 bridgehead atoms. The fourth-order valence-corrected chi connectivity index (χ4v) is 3.37. The molecule has 3 rings (SSSR count). The van der Waals surface area contributed by atoms with Crippen molar-refractivity contribution in [1.29, 1.82) is 0 Å². The highest BCUT2D eigenvalue weighted by molar-refractivity contribution is 5.98. The first kappa shape index (κ1) is 25.1. The maximum Gasteiger partial charge on any atom is 0.416 e. The molecule has 1 amide bonds. The third-order valence-electron chi connectivity index (χ3n) is 5.05. The first-order valence-corrected chi connectivity index (χ1v) is 10.3. The van der Waals surface area contributed by atoms with Crippen LogP contribution in [0.15, 0.2) is 39.5 Å². The lowest BCUT2D eigenvalue weighted by Gasteiger charge is -2.20. The molecule has 12 heteroatoms. The van der Waals surface area contributed by atoms with E-state index in [-0.39, 0.29) is 54.6 Å². The molecule has 2 heterocycles. The van der Waals surface area contributed by atoms with Gasteiger partial charge in [-0.1, -0.05) is 12.1 Å². The van der Waals surface area contributed by atoms with Gasteiger partial charge < -0.3 is 24.8 Å². The van der Waals surface area contributed by atoms with Gasteiger partial charge in [0.05, 0.1) is 24.2 Å². The summed E-state index contributed by atoms with van der Waals surface area (Å²) < 4.78 is 44.5. The molecular formula is C22H23F3N4O5. The zero-order chi connectivity index (χ0) is 25.0. The number of aliphatic hydroxyl groups is 2. The molecule has 3 aromatic rings. The van der Waals surface area contributed by atoms with E-state index in [0.29, 0.717) is 5.56 Å². The quantitative estimate of drug-likeness (QED) is 0.449. The molecule has 0 aliphatic heterocycles. The number of carbonyl (C=O) groups is 1. The zero-order valence-corrected chi connectivity index (χ0v) is 18.4. The first-order chi connectivity index (χ1) is 16.0. The van der Waals surface area contributed by atoms with Crippen LogP contribution >= 0.6 is 0 Å². The van der Waals surface area contributed by atoms with Crippen molar-refractivity contribution in [3.05, 3.63) is 63.3 Å². The molecule has 0 spiro atoms. The van der Waals surface area contributed by atoms with Crippen molar-refractivity contribution in [2.45, 2.75) is 26.1 Å². The second-order valence-corrected chi connectivity index (χ2v) is 7.51. The number of amides is 1. The van der Waals surface area contributed by atoms with E-state index in [1.165, 1.54) is 18.2 Å². The summed E-state index contributed by atoms with van der Waals surface area (Å²) >= 11 is 0. The van der Waals surface area contributed by atoms with E-state index in [2.05, 4.69) is 15.3 Å². The fraction of sp³-hybridized carbons (Fsp3) is 0.364. The Labute approximate surface area is 191 Å². The van der Waals surface area contributed by atoms with Crippen LogP contribution in [0.2, 0.25) is 0 Å². The van der Waals surface area contributed by atoms with Gasteiger partial charge in [0.1, 0.15) is 17.2 Å². The van der Waals surface area contributed by atoms with Crippen molar-refractivity contribution in [2.75, 3.05) is 31.6 Å². The molecule has 0 unspecified atom stereocenters. The molecule has 34 heavy (non-hydrogen) atoms. The predicted octanol–water partition coefficient (Wildman–Crippen LogP) is 2.51. The van der Waals surface area contributed by atoms with Crippen molar-refractivity contribution in [3.63, 3.8) is 0 Å². The second-order valence-electron chi connectivity index (χ2n) is 7.51. The minimum atomic E-state index is -4.50. The van der Waals surface area contributed by atoms with E-state index >= 15 is 0 Å². The standard InChI is InChI=1S/C22H23F3N4O5/c1-12(14-4-3-5-15(10-14)22(23,24)25)26-18-16-11-17(20(32)29(6-8-30)7-9-31)21(33)34-19(16)28-13(2)27-18/h3-5,10-12,30-31H,6-9H2,1-2H3,(H,26,27,28)/t12-/m1/s1. The molecule has 182 valence electrons. The number of nitrogens with zero attached hydrogens (tertiary/aromatic N) is 3. The Morgan fingerprint density at radius 2 is 1.85 bits per heavy atom. The first-order valence-electron chi connectivity index (χ1n) is 10.3. The van der Waals surface area contributed by atoms with Gasteiger partial charge in [-0.05, 0) is 37.6 Å². The monoisotopic (exact) mass is 480 g/mol. The number of aliphatic hydroxyl groups excluding tert-OH is 2. The number of fused-ring (bicyclic) bond motifs is 1. The van der Waals surface area contributed by atoms with Crippen molar-refractivity contribution >= 4 is 22.8 Å². The molecule has 0 aliphatic carbocycles. The number of aryl methyl sites for hydroxylation is 1. The lowest BCUT2D eigenvalue weighted by atomic mass is 10.0. The molecule has 3 N–H and O–H groups in total. The van der Waals surface area contributed by atoms with E-state index in [9.17, 15) is 33.0 Å². The molecule has 0 fully saturated rings. The van der Waals surface area contributed by atoms with Crippen LogP contribution in [0.1, 0.15) is 40.3 Å². The van der Waals surface area contributed by atoms with Gasteiger partial charge in [-0.2, -0.15) is 18.2 Å². The SMILES string of the molecule is Cc1nc(N[C@H](C)c2cccc(C(F)(F)F)c2)c2cc(C(=O)N(CCO)CCO)c(=O)oc2n1. The van der Waals surface area contributed by atoms with Crippen LogP contribution in [-0.4, -0.2) is 57.3 Å². The molecule has 9 nitrogen and oxygen atoms in total. The van der Waals surface area contributed by atoms with Crippen LogP contribution < -0.4 is 10.9 Å². The largest absolute Gasteiger partial charge is 0.416 e.